The maximum atomic E-state index is 13.4. The van der Waals surface area contributed by atoms with Crippen molar-refractivity contribution in [3.63, 3.8) is 0 Å². The Balaban J connectivity index is 0.000000165. The maximum absolute atomic E-state index is 13.4. The number of nitrogens with two attached hydrogens (primary N) is 1. The molecule has 14 heteroatoms. The maximum Gasteiger partial charge on any atom is 0.359 e. The number of hydrogen-bond donors (Lipinski definition) is 1. The molecule has 0 atom stereocenters. The first-order valence-corrected chi connectivity index (χ1v) is 13.2. The molecule has 2 aromatic carbocycles. The highest BCUT2D eigenvalue weighted by Crippen LogP contribution is 2.24. The highest BCUT2D eigenvalue weighted by molar-refractivity contribution is 9.10. The predicted molar refractivity (Wildman–Crippen MR) is 153 cm³/mol. The fraction of sp³-hybridized carbons (Fsp3) is 0.0370. The van der Waals surface area contributed by atoms with Crippen molar-refractivity contribution in [2.75, 3.05) is 7.11 Å². The molecule has 0 radical (unpaired) electrons. The van der Waals surface area contributed by atoms with Crippen LogP contribution in [0.3, 0.4) is 0 Å². The number of pyridine rings is 2. The van der Waals surface area contributed by atoms with Crippen molar-refractivity contribution in [3.05, 3.63) is 105 Å². The molecule has 0 aliphatic carbocycles. The van der Waals surface area contributed by atoms with Crippen LogP contribution in [0.25, 0.3) is 33.4 Å². The number of methoxy groups -OCH3 is 1. The summed E-state index contributed by atoms with van der Waals surface area (Å²) in [5.74, 6) is -2.45. The molecule has 0 aliphatic rings. The lowest BCUT2D eigenvalue weighted by molar-refractivity contribution is 0.0595. The minimum atomic E-state index is -0.726. The molecule has 0 saturated heterocycles. The minimum Gasteiger partial charge on any atom is -0.464 e. The molecule has 0 spiro atoms. The summed E-state index contributed by atoms with van der Waals surface area (Å²) in [6.45, 7) is 0. The molecule has 0 aliphatic heterocycles. The molecule has 4 heterocycles. The summed E-state index contributed by atoms with van der Waals surface area (Å²) < 4.78 is 36.0. The Morgan fingerprint density at radius 2 is 1.24 bits per heavy atom. The SMILES string of the molecule is COC(=O)c1nn(-c2cccc(Br)c2)c2ncc(F)cc12.NC(=O)c1nn(-c2cccc(Br)c2)c2ncc(F)cc12. The minimum absolute atomic E-state index is 0.00743. The van der Waals surface area contributed by atoms with Crippen LogP contribution in [0.5, 0.6) is 0 Å². The molecule has 0 bridgehead atoms. The number of halogens is 4. The second-order valence-corrected chi connectivity index (χ2v) is 10.2. The molecular formula is C27H17Br2F2N7O3. The van der Waals surface area contributed by atoms with Gasteiger partial charge in [0.15, 0.2) is 22.7 Å². The summed E-state index contributed by atoms with van der Waals surface area (Å²) in [7, 11) is 1.25. The van der Waals surface area contributed by atoms with Gasteiger partial charge in [0.05, 0.1) is 41.7 Å². The van der Waals surface area contributed by atoms with E-state index in [0.29, 0.717) is 28.1 Å². The smallest absolute Gasteiger partial charge is 0.359 e. The topological polar surface area (TPSA) is 131 Å². The van der Waals surface area contributed by atoms with Crippen LogP contribution in [0.15, 0.2) is 82.0 Å². The molecular weight excluding hydrogens is 668 g/mol. The van der Waals surface area contributed by atoms with Gasteiger partial charge in [-0.25, -0.2) is 32.9 Å². The average Bonchev–Trinajstić information content (AvgIpc) is 3.51. The van der Waals surface area contributed by atoms with Gasteiger partial charge in [0.2, 0.25) is 0 Å². The normalized spacial score (nSPS) is 10.9. The third kappa shape index (κ3) is 5.69. The van der Waals surface area contributed by atoms with E-state index in [1.165, 1.54) is 28.6 Å². The Bertz CT molecular complexity index is 1960. The Labute approximate surface area is 247 Å². The standard InChI is InChI=1S/C14H9BrFN3O2.C13H8BrFN4O/c1-21-14(20)12-11-6-9(16)7-17-13(11)19(18-12)10-4-2-3-8(15)5-10;14-7-2-1-3-9(4-7)19-13-10(5-8(15)6-17-13)11(18-19)12(16)20/h2-7H,1H3;1-6H,(H2,16,20). The number of hydrogen-bond acceptors (Lipinski definition) is 7. The highest BCUT2D eigenvalue weighted by atomic mass is 79.9. The zero-order valence-electron chi connectivity index (χ0n) is 20.9. The van der Waals surface area contributed by atoms with Crippen LogP contribution >= 0.6 is 31.9 Å². The van der Waals surface area contributed by atoms with Crippen LogP contribution in [-0.4, -0.2) is 48.5 Å². The Hall–Kier alpha value is -4.56. The van der Waals surface area contributed by atoms with E-state index in [2.05, 4.69) is 56.8 Å². The number of carbonyl (C=O) groups excluding carboxylic acids is 2. The number of nitrogens with zero attached hydrogens (tertiary/aromatic N) is 6. The van der Waals surface area contributed by atoms with Crippen molar-refractivity contribution in [3.8, 4) is 11.4 Å². The first kappa shape index (κ1) is 28.0. The summed E-state index contributed by atoms with van der Waals surface area (Å²) in [5, 5.41) is 8.93. The molecule has 206 valence electrons. The number of carbonyl (C=O) groups is 2. The van der Waals surface area contributed by atoms with Gasteiger partial charge in [0.1, 0.15) is 11.6 Å². The fourth-order valence-corrected chi connectivity index (χ4v) is 4.73. The Morgan fingerprint density at radius 3 is 1.68 bits per heavy atom. The van der Waals surface area contributed by atoms with E-state index in [1.807, 2.05) is 42.5 Å². The van der Waals surface area contributed by atoms with E-state index in [9.17, 15) is 18.4 Å². The number of benzene rings is 2. The van der Waals surface area contributed by atoms with Gasteiger partial charge in [-0.3, -0.25) is 4.79 Å². The van der Waals surface area contributed by atoms with Gasteiger partial charge in [-0.2, -0.15) is 10.2 Å². The zero-order valence-corrected chi connectivity index (χ0v) is 24.1. The van der Waals surface area contributed by atoms with E-state index in [1.54, 1.807) is 6.07 Å². The highest BCUT2D eigenvalue weighted by Gasteiger charge is 2.20. The largest absolute Gasteiger partial charge is 0.464 e. The van der Waals surface area contributed by atoms with Gasteiger partial charge >= 0.3 is 5.97 Å². The predicted octanol–water partition coefficient (Wildman–Crippen LogP) is 5.53. The summed E-state index contributed by atoms with van der Waals surface area (Å²) in [4.78, 5) is 31.2. The van der Waals surface area contributed by atoms with Gasteiger partial charge in [-0.1, -0.05) is 44.0 Å². The number of ether oxygens (including phenoxy) is 1. The van der Waals surface area contributed by atoms with Gasteiger partial charge in [0.25, 0.3) is 5.91 Å². The van der Waals surface area contributed by atoms with Crippen molar-refractivity contribution in [2.45, 2.75) is 0 Å². The molecule has 1 amide bonds. The van der Waals surface area contributed by atoms with Gasteiger partial charge in [-0.05, 0) is 48.5 Å². The van der Waals surface area contributed by atoms with Crippen LogP contribution in [0.4, 0.5) is 8.78 Å². The van der Waals surface area contributed by atoms with Crippen molar-refractivity contribution < 1.29 is 23.1 Å². The first-order chi connectivity index (χ1) is 19.7. The van der Waals surface area contributed by atoms with Crippen LogP contribution in [-0.2, 0) is 4.74 Å². The van der Waals surface area contributed by atoms with Crippen LogP contribution in [0.1, 0.15) is 21.0 Å². The summed E-state index contributed by atoms with van der Waals surface area (Å²) in [6.07, 6.45) is 2.16. The summed E-state index contributed by atoms with van der Waals surface area (Å²) in [5.41, 5.74) is 7.44. The molecule has 6 aromatic rings. The molecule has 41 heavy (non-hydrogen) atoms. The molecule has 4 aromatic heterocycles. The van der Waals surface area contributed by atoms with Gasteiger partial charge in [-0.15, -0.1) is 0 Å². The molecule has 0 saturated carbocycles. The molecule has 2 N–H and O–H groups in total. The number of amides is 1. The summed E-state index contributed by atoms with van der Waals surface area (Å²) in [6, 6.07) is 17.0. The van der Waals surface area contributed by atoms with Crippen molar-refractivity contribution >= 4 is 65.8 Å². The second-order valence-electron chi connectivity index (χ2n) is 8.39. The lowest BCUT2D eigenvalue weighted by atomic mass is 10.2. The average molecular weight is 685 g/mol. The zero-order chi connectivity index (χ0) is 29.3. The lowest BCUT2D eigenvalue weighted by Gasteiger charge is -2.02. The monoisotopic (exact) mass is 683 g/mol. The van der Waals surface area contributed by atoms with Gasteiger partial charge in [0, 0.05) is 8.95 Å². The molecule has 10 nitrogen and oxygen atoms in total. The number of fused-ring (bicyclic) bond motifs is 2. The van der Waals surface area contributed by atoms with E-state index < -0.39 is 23.5 Å². The van der Waals surface area contributed by atoms with E-state index >= 15 is 0 Å². The number of aromatic nitrogens is 6. The van der Waals surface area contributed by atoms with Crippen molar-refractivity contribution in [1.82, 2.24) is 29.5 Å². The van der Waals surface area contributed by atoms with Crippen LogP contribution in [0, 0.1) is 11.6 Å². The van der Waals surface area contributed by atoms with E-state index in [-0.39, 0.29) is 16.8 Å². The van der Waals surface area contributed by atoms with Crippen LogP contribution < -0.4 is 5.73 Å². The van der Waals surface area contributed by atoms with Crippen LogP contribution in [0.2, 0.25) is 0 Å². The van der Waals surface area contributed by atoms with E-state index in [0.717, 1.165) is 21.3 Å². The summed E-state index contributed by atoms with van der Waals surface area (Å²) >= 11 is 6.73. The van der Waals surface area contributed by atoms with E-state index in [4.69, 9.17) is 5.73 Å². The molecule has 6 rings (SSSR count). The Kier molecular flexibility index (Phi) is 7.85. The Morgan fingerprint density at radius 1 is 0.780 bits per heavy atom. The van der Waals surface area contributed by atoms with Crippen molar-refractivity contribution in [1.29, 1.82) is 0 Å². The quantitative estimate of drug-likeness (QED) is 0.242. The molecule has 0 unspecified atom stereocenters. The number of esters is 1. The first-order valence-electron chi connectivity index (χ1n) is 11.6. The van der Waals surface area contributed by atoms with Crippen molar-refractivity contribution in [2.24, 2.45) is 5.73 Å². The van der Waals surface area contributed by atoms with Gasteiger partial charge < -0.3 is 10.5 Å². The second kappa shape index (κ2) is 11.5. The molecule has 0 fully saturated rings. The third-order valence-electron chi connectivity index (χ3n) is 5.70. The number of primary amides is 1. The fourth-order valence-electron chi connectivity index (χ4n) is 3.96. The lowest BCUT2D eigenvalue weighted by Crippen LogP contribution is -2.12. The third-order valence-corrected chi connectivity index (χ3v) is 6.68. The number of rotatable bonds is 4.